The molecule has 6 nitrogen and oxygen atoms in total. The fourth-order valence-electron chi connectivity index (χ4n) is 1.96. The molecule has 19 heavy (non-hydrogen) atoms. The van der Waals surface area contributed by atoms with E-state index in [1.165, 1.54) is 17.1 Å². The third-order valence-electron chi connectivity index (χ3n) is 3.00. The Morgan fingerprint density at radius 2 is 2.21 bits per heavy atom. The first-order valence-corrected chi connectivity index (χ1v) is 6.07. The van der Waals surface area contributed by atoms with Gasteiger partial charge in [-0.3, -0.25) is 14.9 Å². The number of carbonyl (C=O) groups is 1. The minimum atomic E-state index is -0.533. The van der Waals surface area contributed by atoms with Gasteiger partial charge in [-0.25, -0.2) is 5.01 Å². The van der Waals surface area contributed by atoms with Gasteiger partial charge in [-0.1, -0.05) is 24.6 Å². The first-order valence-electron chi connectivity index (χ1n) is 5.69. The van der Waals surface area contributed by atoms with E-state index in [0.29, 0.717) is 17.7 Å². The lowest BCUT2D eigenvalue weighted by atomic mass is 9.93. The van der Waals surface area contributed by atoms with Crippen molar-refractivity contribution in [3.05, 3.63) is 38.9 Å². The van der Waals surface area contributed by atoms with Gasteiger partial charge in [0.05, 0.1) is 10.6 Å². The molecule has 1 amide bonds. The largest absolute Gasteiger partial charge is 0.288 e. The van der Waals surface area contributed by atoms with Crippen molar-refractivity contribution in [2.45, 2.75) is 13.3 Å². The topological polar surface area (TPSA) is 75.8 Å². The molecule has 0 saturated heterocycles. The third-order valence-corrected chi connectivity index (χ3v) is 3.32. The summed E-state index contributed by atoms with van der Waals surface area (Å²) in [5.74, 6) is -0.149. The number of benzene rings is 1. The van der Waals surface area contributed by atoms with E-state index in [9.17, 15) is 14.9 Å². The highest BCUT2D eigenvalue weighted by molar-refractivity contribution is 6.32. The van der Waals surface area contributed by atoms with E-state index in [1.54, 1.807) is 13.1 Å². The predicted octanol–water partition coefficient (Wildman–Crippen LogP) is 2.45. The summed E-state index contributed by atoms with van der Waals surface area (Å²) in [5, 5.41) is 16.4. The highest BCUT2D eigenvalue weighted by Crippen LogP contribution is 2.28. The van der Waals surface area contributed by atoms with Crippen LogP contribution < -0.4 is 0 Å². The molecule has 0 fully saturated rings. The average molecular weight is 282 g/mol. The normalized spacial score (nSPS) is 19.3. The Bertz CT molecular complexity index is 586. The summed E-state index contributed by atoms with van der Waals surface area (Å²) in [6.45, 7) is 1.87. The van der Waals surface area contributed by atoms with E-state index in [0.717, 1.165) is 0 Å². The Morgan fingerprint density at radius 3 is 2.84 bits per heavy atom. The van der Waals surface area contributed by atoms with E-state index >= 15 is 0 Å². The summed E-state index contributed by atoms with van der Waals surface area (Å²) in [4.78, 5) is 21.8. The highest BCUT2D eigenvalue weighted by atomic mass is 35.5. The average Bonchev–Trinajstić information content (AvgIpc) is 2.34. The second-order valence-corrected chi connectivity index (χ2v) is 4.84. The van der Waals surface area contributed by atoms with Crippen LogP contribution in [0.25, 0.3) is 0 Å². The fourth-order valence-corrected chi connectivity index (χ4v) is 2.15. The van der Waals surface area contributed by atoms with Crippen LogP contribution in [-0.2, 0) is 4.79 Å². The SMILES string of the molecule is CC1CC(=O)N(C)N=C1c1ccc(Cl)c([N+](=O)[O-])c1. The van der Waals surface area contributed by atoms with E-state index in [4.69, 9.17) is 11.6 Å². The van der Waals surface area contributed by atoms with Crippen LogP contribution in [0.1, 0.15) is 18.9 Å². The first-order chi connectivity index (χ1) is 8.90. The Labute approximate surface area is 114 Å². The summed E-state index contributed by atoms with van der Waals surface area (Å²) in [6, 6.07) is 4.54. The maximum atomic E-state index is 11.5. The summed E-state index contributed by atoms with van der Waals surface area (Å²) < 4.78 is 0. The molecule has 7 heteroatoms. The second kappa shape index (κ2) is 4.97. The fraction of sp³-hybridized carbons (Fsp3) is 0.333. The molecule has 0 aliphatic carbocycles. The number of hydrogen-bond donors (Lipinski definition) is 0. The van der Waals surface area contributed by atoms with E-state index < -0.39 is 4.92 Å². The van der Waals surface area contributed by atoms with Gasteiger partial charge >= 0.3 is 0 Å². The van der Waals surface area contributed by atoms with E-state index in [2.05, 4.69) is 5.10 Å². The zero-order valence-electron chi connectivity index (χ0n) is 10.5. The molecule has 0 saturated carbocycles. The number of nitro groups is 1. The number of hydrogen-bond acceptors (Lipinski definition) is 4. The van der Waals surface area contributed by atoms with Crippen LogP contribution >= 0.6 is 11.6 Å². The molecule has 1 aromatic rings. The highest BCUT2D eigenvalue weighted by Gasteiger charge is 2.26. The lowest BCUT2D eigenvalue weighted by Crippen LogP contribution is -2.33. The van der Waals surface area contributed by atoms with Crippen molar-refractivity contribution in [2.24, 2.45) is 11.0 Å². The molecule has 0 bridgehead atoms. The second-order valence-electron chi connectivity index (χ2n) is 4.43. The lowest BCUT2D eigenvalue weighted by Gasteiger charge is -2.24. The van der Waals surface area contributed by atoms with Crippen LogP contribution in [0.4, 0.5) is 5.69 Å². The maximum Gasteiger partial charge on any atom is 0.288 e. The van der Waals surface area contributed by atoms with Crippen LogP contribution in [0.5, 0.6) is 0 Å². The van der Waals surface area contributed by atoms with Crippen molar-refractivity contribution < 1.29 is 9.72 Å². The summed E-state index contributed by atoms with van der Waals surface area (Å²) in [6.07, 6.45) is 0.339. The molecule has 0 radical (unpaired) electrons. The number of hydrazone groups is 1. The molecular weight excluding hydrogens is 270 g/mol. The van der Waals surface area contributed by atoms with E-state index in [-0.39, 0.29) is 22.5 Å². The standard InChI is InChI=1S/C12H12ClN3O3/c1-7-5-11(17)15(2)14-12(7)8-3-4-9(13)10(6-8)16(18)19/h3-4,6-7H,5H2,1-2H3. The van der Waals surface area contributed by atoms with Crippen molar-refractivity contribution in [1.29, 1.82) is 0 Å². The van der Waals surface area contributed by atoms with Gasteiger partial charge in [-0.2, -0.15) is 5.10 Å². The smallest absolute Gasteiger partial charge is 0.273 e. The monoisotopic (exact) mass is 281 g/mol. The molecule has 1 aliphatic rings. The number of nitrogens with zero attached hydrogens (tertiary/aromatic N) is 3. The van der Waals surface area contributed by atoms with Gasteiger partial charge in [0.15, 0.2) is 0 Å². The van der Waals surface area contributed by atoms with Crippen LogP contribution in [0.15, 0.2) is 23.3 Å². The van der Waals surface area contributed by atoms with Crippen molar-refractivity contribution >= 4 is 28.9 Å². The number of carbonyl (C=O) groups excluding carboxylic acids is 1. The molecule has 1 heterocycles. The molecule has 100 valence electrons. The molecular formula is C12H12ClN3O3. The van der Waals surface area contributed by atoms with Crippen LogP contribution in [0.3, 0.4) is 0 Å². The number of rotatable bonds is 2. The Morgan fingerprint density at radius 1 is 1.53 bits per heavy atom. The van der Waals surface area contributed by atoms with Crippen molar-refractivity contribution in [3.8, 4) is 0 Å². The van der Waals surface area contributed by atoms with Gasteiger partial charge in [0, 0.05) is 31.0 Å². The molecule has 0 N–H and O–H groups in total. The van der Waals surface area contributed by atoms with Crippen LogP contribution in [0.2, 0.25) is 5.02 Å². The lowest BCUT2D eigenvalue weighted by molar-refractivity contribution is -0.384. The summed E-state index contributed by atoms with van der Waals surface area (Å²) in [5.41, 5.74) is 1.11. The third kappa shape index (κ3) is 2.58. The van der Waals surface area contributed by atoms with Crippen molar-refractivity contribution in [2.75, 3.05) is 7.05 Å². The number of nitro benzene ring substituents is 1. The van der Waals surface area contributed by atoms with Gasteiger partial charge in [0.1, 0.15) is 5.02 Å². The molecule has 0 aromatic heterocycles. The molecule has 1 atom stereocenters. The Balaban J connectivity index is 2.47. The van der Waals surface area contributed by atoms with E-state index in [1.807, 2.05) is 6.92 Å². The van der Waals surface area contributed by atoms with Crippen molar-refractivity contribution in [3.63, 3.8) is 0 Å². The van der Waals surface area contributed by atoms with Gasteiger partial charge in [-0.05, 0) is 6.07 Å². The van der Waals surface area contributed by atoms with Gasteiger partial charge < -0.3 is 0 Å². The zero-order valence-corrected chi connectivity index (χ0v) is 11.2. The van der Waals surface area contributed by atoms with Gasteiger partial charge in [0.25, 0.3) is 5.69 Å². The minimum Gasteiger partial charge on any atom is -0.273 e. The molecule has 1 unspecified atom stereocenters. The number of amides is 1. The number of halogens is 1. The van der Waals surface area contributed by atoms with Gasteiger partial charge in [0.2, 0.25) is 5.91 Å². The van der Waals surface area contributed by atoms with Crippen LogP contribution in [-0.4, -0.2) is 28.6 Å². The molecule has 2 rings (SSSR count). The molecule has 1 aliphatic heterocycles. The van der Waals surface area contributed by atoms with Crippen molar-refractivity contribution in [1.82, 2.24) is 5.01 Å². The maximum absolute atomic E-state index is 11.5. The quantitative estimate of drug-likeness (QED) is 0.617. The first kappa shape index (κ1) is 13.5. The molecule has 0 spiro atoms. The van der Waals surface area contributed by atoms with Crippen LogP contribution in [0, 0.1) is 16.0 Å². The zero-order chi connectivity index (χ0) is 14.2. The minimum absolute atomic E-state index is 0.0697. The summed E-state index contributed by atoms with van der Waals surface area (Å²) >= 11 is 5.77. The Hall–Kier alpha value is -1.95. The Kier molecular flexibility index (Phi) is 3.53. The van der Waals surface area contributed by atoms with Gasteiger partial charge in [-0.15, -0.1) is 0 Å². The molecule has 1 aromatic carbocycles. The predicted molar refractivity (Wildman–Crippen MR) is 71.2 cm³/mol. The summed E-state index contributed by atoms with van der Waals surface area (Å²) in [7, 11) is 1.57.